The highest BCUT2D eigenvalue weighted by molar-refractivity contribution is 5.80. The zero-order valence-electron chi connectivity index (χ0n) is 15.6. The summed E-state index contributed by atoms with van der Waals surface area (Å²) in [6, 6.07) is 6.88. The number of aliphatic hydroxyl groups is 1. The molecule has 3 N–H and O–H groups in total. The maximum atomic E-state index is 12.3. The summed E-state index contributed by atoms with van der Waals surface area (Å²) in [4.78, 5) is 41.0. The molecule has 3 rings (SSSR count). The summed E-state index contributed by atoms with van der Waals surface area (Å²) in [6.45, 7) is 2.76. The Kier molecular flexibility index (Phi) is 5.65. The molecule has 146 valence electrons. The van der Waals surface area contributed by atoms with Crippen molar-refractivity contribution in [3.63, 3.8) is 0 Å². The van der Waals surface area contributed by atoms with Crippen LogP contribution in [-0.4, -0.2) is 57.1 Å². The van der Waals surface area contributed by atoms with Crippen molar-refractivity contribution in [2.45, 2.75) is 44.9 Å². The first-order valence-electron chi connectivity index (χ1n) is 9.30. The van der Waals surface area contributed by atoms with Crippen LogP contribution in [0.1, 0.15) is 26.2 Å². The molecule has 0 spiro atoms. The van der Waals surface area contributed by atoms with Gasteiger partial charge in [-0.05, 0) is 31.9 Å². The molecular weight excluding hydrogens is 348 g/mol. The van der Waals surface area contributed by atoms with Gasteiger partial charge in [-0.3, -0.25) is 14.2 Å². The van der Waals surface area contributed by atoms with Crippen molar-refractivity contribution in [3.8, 4) is 0 Å². The highest BCUT2D eigenvalue weighted by Crippen LogP contribution is 2.27. The summed E-state index contributed by atoms with van der Waals surface area (Å²) in [5.74, 6) is -0.515. The summed E-state index contributed by atoms with van der Waals surface area (Å²) >= 11 is 0. The maximum Gasteiger partial charge on any atom is 0.326 e. The molecule has 1 aromatic heterocycles. The molecule has 1 aromatic carbocycles. The van der Waals surface area contributed by atoms with Gasteiger partial charge in [0, 0.05) is 32.5 Å². The SMILES string of the molecule is CCN(C)C(=O)[C@@H]1C[C@@H](O)[C@H](NC(=O)CCn2c(=O)[nH]c3ccccc32)C1. The molecule has 8 heteroatoms. The van der Waals surface area contributed by atoms with E-state index in [2.05, 4.69) is 10.3 Å². The van der Waals surface area contributed by atoms with Crippen molar-refractivity contribution in [1.29, 1.82) is 0 Å². The Morgan fingerprint density at radius 3 is 2.81 bits per heavy atom. The molecule has 1 fully saturated rings. The first kappa shape index (κ1) is 19.2. The van der Waals surface area contributed by atoms with E-state index in [1.807, 2.05) is 31.2 Å². The number of aromatic nitrogens is 2. The number of aromatic amines is 1. The molecule has 0 unspecified atom stereocenters. The van der Waals surface area contributed by atoms with E-state index in [9.17, 15) is 19.5 Å². The molecular formula is C19H26N4O4. The number of carbonyl (C=O) groups is 2. The Bertz CT molecular complexity index is 887. The van der Waals surface area contributed by atoms with Gasteiger partial charge in [-0.2, -0.15) is 0 Å². The molecule has 1 aliphatic carbocycles. The highest BCUT2D eigenvalue weighted by atomic mass is 16.3. The van der Waals surface area contributed by atoms with E-state index >= 15 is 0 Å². The van der Waals surface area contributed by atoms with Gasteiger partial charge in [0.05, 0.1) is 23.2 Å². The largest absolute Gasteiger partial charge is 0.391 e. The van der Waals surface area contributed by atoms with Crippen LogP contribution in [-0.2, 0) is 16.1 Å². The number of imidazole rings is 1. The van der Waals surface area contributed by atoms with Crippen molar-refractivity contribution in [2.75, 3.05) is 13.6 Å². The van der Waals surface area contributed by atoms with Gasteiger partial charge in [-0.15, -0.1) is 0 Å². The van der Waals surface area contributed by atoms with Crippen LogP contribution in [0.5, 0.6) is 0 Å². The number of carbonyl (C=O) groups excluding carboxylic acids is 2. The number of nitrogens with one attached hydrogen (secondary N) is 2. The second-order valence-electron chi connectivity index (χ2n) is 7.11. The van der Waals surface area contributed by atoms with Crippen LogP contribution >= 0.6 is 0 Å². The fourth-order valence-electron chi connectivity index (χ4n) is 3.66. The van der Waals surface area contributed by atoms with Crippen LogP contribution in [0.25, 0.3) is 11.0 Å². The predicted molar refractivity (Wildman–Crippen MR) is 101 cm³/mol. The van der Waals surface area contributed by atoms with Crippen LogP contribution in [0.15, 0.2) is 29.1 Å². The molecule has 1 heterocycles. The van der Waals surface area contributed by atoms with E-state index in [4.69, 9.17) is 0 Å². The molecule has 27 heavy (non-hydrogen) atoms. The Morgan fingerprint density at radius 1 is 1.33 bits per heavy atom. The van der Waals surface area contributed by atoms with E-state index in [-0.39, 0.29) is 36.4 Å². The number of benzene rings is 1. The number of aryl methyl sites for hydroxylation is 1. The monoisotopic (exact) mass is 374 g/mol. The molecule has 0 radical (unpaired) electrons. The zero-order valence-corrected chi connectivity index (χ0v) is 15.6. The fraction of sp³-hybridized carbons (Fsp3) is 0.526. The molecule has 8 nitrogen and oxygen atoms in total. The number of rotatable bonds is 6. The summed E-state index contributed by atoms with van der Waals surface area (Å²) in [7, 11) is 1.74. The number of para-hydroxylation sites is 2. The quantitative estimate of drug-likeness (QED) is 0.682. The van der Waals surface area contributed by atoms with Gasteiger partial charge in [0.2, 0.25) is 11.8 Å². The third kappa shape index (κ3) is 4.05. The smallest absolute Gasteiger partial charge is 0.326 e. The van der Waals surface area contributed by atoms with Crippen LogP contribution in [0.3, 0.4) is 0 Å². The van der Waals surface area contributed by atoms with Crippen LogP contribution in [0.2, 0.25) is 0 Å². The lowest BCUT2D eigenvalue weighted by molar-refractivity contribution is -0.134. The number of hydrogen-bond donors (Lipinski definition) is 3. The summed E-state index contributed by atoms with van der Waals surface area (Å²) in [5.41, 5.74) is 1.23. The maximum absolute atomic E-state index is 12.3. The highest BCUT2D eigenvalue weighted by Gasteiger charge is 2.38. The average Bonchev–Trinajstić information content (AvgIpc) is 3.17. The van der Waals surface area contributed by atoms with Crippen molar-refractivity contribution in [1.82, 2.24) is 19.8 Å². The number of hydrogen-bond acceptors (Lipinski definition) is 4. The van der Waals surface area contributed by atoms with E-state index in [0.717, 1.165) is 11.0 Å². The van der Waals surface area contributed by atoms with Gasteiger partial charge in [-0.25, -0.2) is 4.79 Å². The van der Waals surface area contributed by atoms with Crippen LogP contribution in [0.4, 0.5) is 0 Å². The van der Waals surface area contributed by atoms with Crippen molar-refractivity contribution < 1.29 is 14.7 Å². The van der Waals surface area contributed by atoms with Gasteiger partial charge >= 0.3 is 5.69 Å². The minimum atomic E-state index is -0.732. The van der Waals surface area contributed by atoms with E-state index in [1.54, 1.807) is 11.9 Å². The van der Waals surface area contributed by atoms with Crippen molar-refractivity contribution >= 4 is 22.8 Å². The Hall–Kier alpha value is -2.61. The second-order valence-corrected chi connectivity index (χ2v) is 7.11. The Labute approximate surface area is 157 Å². The summed E-state index contributed by atoms with van der Waals surface area (Å²) in [6.07, 6.45) is 0.182. The second kappa shape index (κ2) is 7.96. The third-order valence-electron chi connectivity index (χ3n) is 5.32. The van der Waals surface area contributed by atoms with Crippen LogP contribution < -0.4 is 11.0 Å². The number of H-pyrrole nitrogens is 1. The zero-order chi connectivity index (χ0) is 19.6. The molecule has 1 aliphatic rings. The molecule has 0 aliphatic heterocycles. The minimum absolute atomic E-state index is 0.00126. The van der Waals surface area contributed by atoms with Crippen molar-refractivity contribution in [3.05, 3.63) is 34.7 Å². The molecule has 2 amide bonds. The van der Waals surface area contributed by atoms with Gasteiger partial charge in [0.1, 0.15) is 0 Å². The lowest BCUT2D eigenvalue weighted by Crippen LogP contribution is -2.40. The predicted octanol–water partition coefficient (Wildman–Crippen LogP) is 0.454. The van der Waals surface area contributed by atoms with Gasteiger partial charge in [-0.1, -0.05) is 12.1 Å². The first-order chi connectivity index (χ1) is 12.9. The topological polar surface area (TPSA) is 107 Å². The normalized spacial score (nSPS) is 22.1. The molecule has 3 atom stereocenters. The standard InChI is InChI=1S/C19H26N4O4/c1-3-22(2)18(26)12-10-14(16(24)11-12)20-17(25)8-9-23-15-7-5-4-6-13(15)21-19(23)27/h4-7,12,14,16,24H,3,8-11H2,1-2H3,(H,20,25)(H,21,27)/t12-,14+,16+/m0/s1. The number of nitrogens with zero attached hydrogens (tertiary/aromatic N) is 2. The van der Waals surface area contributed by atoms with Gasteiger partial charge in [0.25, 0.3) is 0 Å². The van der Waals surface area contributed by atoms with Gasteiger partial charge in [0.15, 0.2) is 0 Å². The lowest BCUT2D eigenvalue weighted by atomic mass is 10.1. The number of fused-ring (bicyclic) bond motifs is 1. The number of amides is 2. The van der Waals surface area contributed by atoms with E-state index in [1.165, 1.54) is 4.57 Å². The van der Waals surface area contributed by atoms with E-state index < -0.39 is 12.1 Å². The van der Waals surface area contributed by atoms with Crippen molar-refractivity contribution in [2.24, 2.45) is 5.92 Å². The number of aliphatic hydroxyl groups excluding tert-OH is 1. The molecule has 0 saturated heterocycles. The first-order valence-corrected chi connectivity index (χ1v) is 9.30. The molecule has 2 aromatic rings. The summed E-state index contributed by atoms with van der Waals surface area (Å²) < 4.78 is 1.53. The molecule has 0 bridgehead atoms. The Morgan fingerprint density at radius 2 is 2.07 bits per heavy atom. The minimum Gasteiger partial charge on any atom is -0.391 e. The fourth-order valence-corrected chi connectivity index (χ4v) is 3.66. The average molecular weight is 374 g/mol. The summed E-state index contributed by atoms with van der Waals surface area (Å²) in [5, 5.41) is 13.0. The molecule has 1 saturated carbocycles. The third-order valence-corrected chi connectivity index (χ3v) is 5.32. The Balaban J connectivity index is 1.57. The van der Waals surface area contributed by atoms with Gasteiger partial charge < -0.3 is 20.3 Å². The van der Waals surface area contributed by atoms with Crippen LogP contribution in [0, 0.1) is 5.92 Å². The lowest BCUT2D eigenvalue weighted by Gasteiger charge is -2.19. The van der Waals surface area contributed by atoms with E-state index in [0.29, 0.717) is 19.4 Å².